The molecule has 24 heavy (non-hydrogen) atoms. The van der Waals surface area contributed by atoms with E-state index in [2.05, 4.69) is 46.4 Å². The minimum absolute atomic E-state index is 0.341. The summed E-state index contributed by atoms with van der Waals surface area (Å²) in [4.78, 5) is 18.7. The Balaban J connectivity index is 1.34. The molecule has 2 aliphatic rings. The number of rotatable bonds is 4. The van der Waals surface area contributed by atoms with Gasteiger partial charge in [-0.1, -0.05) is 19.1 Å². The van der Waals surface area contributed by atoms with Crippen LogP contribution in [-0.4, -0.2) is 34.9 Å². The number of nitrogens with one attached hydrogen (secondary N) is 1. The van der Waals surface area contributed by atoms with Gasteiger partial charge in [0.1, 0.15) is 0 Å². The van der Waals surface area contributed by atoms with E-state index in [-0.39, 0.29) is 0 Å². The molecule has 2 atom stereocenters. The van der Waals surface area contributed by atoms with Crippen molar-refractivity contribution in [3.63, 3.8) is 0 Å². The van der Waals surface area contributed by atoms with E-state index in [0.717, 1.165) is 44.4 Å². The number of hydrogen-bond donors (Lipinski definition) is 1. The molecule has 0 unspecified atom stereocenters. The first-order valence-electron chi connectivity index (χ1n) is 9.06. The Morgan fingerprint density at radius 1 is 1.29 bits per heavy atom. The quantitative estimate of drug-likeness (QED) is 0.941. The van der Waals surface area contributed by atoms with Gasteiger partial charge in [-0.25, -0.2) is 0 Å². The zero-order chi connectivity index (χ0) is 16.5. The summed E-state index contributed by atoms with van der Waals surface area (Å²) in [5, 5.41) is 4.89. The molecule has 0 spiro atoms. The molecular formula is C20H25N3O. The molecule has 1 aliphatic carbocycles. The lowest BCUT2D eigenvalue weighted by Gasteiger charge is -2.37. The smallest absolute Gasteiger partial charge is 0.225 e. The Hall–Kier alpha value is -1.94. The van der Waals surface area contributed by atoms with E-state index in [9.17, 15) is 4.79 Å². The number of amides is 1. The lowest BCUT2D eigenvalue weighted by atomic mass is 9.93. The molecular weight excluding hydrogens is 298 g/mol. The second kappa shape index (κ2) is 6.52. The maximum atomic E-state index is 12.2. The summed E-state index contributed by atoms with van der Waals surface area (Å²) in [6, 6.07) is 11.0. The van der Waals surface area contributed by atoms with Gasteiger partial charge in [-0.15, -0.1) is 0 Å². The molecule has 2 fully saturated rings. The molecule has 1 amide bonds. The van der Waals surface area contributed by atoms with Crippen LogP contribution in [0.4, 0.5) is 0 Å². The zero-order valence-electron chi connectivity index (χ0n) is 14.2. The van der Waals surface area contributed by atoms with Crippen LogP contribution in [0.15, 0.2) is 36.5 Å². The predicted molar refractivity (Wildman–Crippen MR) is 95.5 cm³/mol. The van der Waals surface area contributed by atoms with Crippen molar-refractivity contribution in [3.05, 3.63) is 42.1 Å². The van der Waals surface area contributed by atoms with Gasteiger partial charge in [0.15, 0.2) is 0 Å². The highest BCUT2D eigenvalue weighted by Crippen LogP contribution is 2.32. The molecule has 126 valence electrons. The maximum Gasteiger partial charge on any atom is 0.225 e. The Bertz CT molecular complexity index is 740. The number of carbonyl (C=O) groups is 1. The summed E-state index contributed by atoms with van der Waals surface area (Å²) in [5.41, 5.74) is 2.33. The third kappa shape index (κ3) is 3.29. The minimum atomic E-state index is 0.341. The van der Waals surface area contributed by atoms with Crippen LogP contribution >= 0.6 is 0 Å². The van der Waals surface area contributed by atoms with Crippen LogP contribution in [0, 0.1) is 11.8 Å². The number of likely N-dealkylation sites (tertiary alicyclic amines) is 1. The van der Waals surface area contributed by atoms with Gasteiger partial charge in [0.05, 0.1) is 5.52 Å². The zero-order valence-corrected chi connectivity index (χ0v) is 14.2. The minimum Gasteiger partial charge on any atom is -0.342 e. The van der Waals surface area contributed by atoms with Gasteiger partial charge in [0.2, 0.25) is 5.91 Å². The molecule has 1 saturated carbocycles. The van der Waals surface area contributed by atoms with Crippen molar-refractivity contribution in [2.24, 2.45) is 11.8 Å². The van der Waals surface area contributed by atoms with Crippen LogP contribution in [0.25, 0.3) is 10.9 Å². The lowest BCUT2D eigenvalue weighted by molar-refractivity contribution is -0.134. The molecule has 4 nitrogen and oxygen atoms in total. The number of piperidine rings is 1. The number of carbonyl (C=O) groups excluding carboxylic acids is 1. The summed E-state index contributed by atoms with van der Waals surface area (Å²) >= 11 is 0. The Morgan fingerprint density at radius 2 is 2.17 bits per heavy atom. The van der Waals surface area contributed by atoms with Crippen LogP contribution in [0.2, 0.25) is 0 Å². The Morgan fingerprint density at radius 3 is 2.96 bits per heavy atom. The fourth-order valence-corrected chi connectivity index (χ4v) is 3.72. The Kier molecular flexibility index (Phi) is 4.23. The fraction of sp³-hybridized carbons (Fsp3) is 0.500. The first-order valence-corrected chi connectivity index (χ1v) is 9.06. The topological polar surface area (TPSA) is 45.2 Å². The van der Waals surface area contributed by atoms with Gasteiger partial charge in [-0.2, -0.15) is 0 Å². The van der Waals surface area contributed by atoms with Gasteiger partial charge >= 0.3 is 0 Å². The molecule has 2 aromatic rings. The summed E-state index contributed by atoms with van der Waals surface area (Å²) in [5.74, 6) is 1.24. The highest BCUT2D eigenvalue weighted by molar-refractivity contribution is 5.81. The molecule has 1 aliphatic heterocycles. The van der Waals surface area contributed by atoms with Crippen molar-refractivity contribution in [2.45, 2.75) is 38.8 Å². The van der Waals surface area contributed by atoms with Crippen molar-refractivity contribution in [1.29, 1.82) is 0 Å². The first kappa shape index (κ1) is 15.6. The third-order valence-corrected chi connectivity index (χ3v) is 5.38. The first-order chi connectivity index (χ1) is 11.7. The fourth-order valence-electron chi connectivity index (χ4n) is 3.72. The molecule has 1 aromatic carbocycles. The van der Waals surface area contributed by atoms with Crippen LogP contribution in [0.1, 0.15) is 31.7 Å². The number of pyridine rings is 1. The Labute approximate surface area is 143 Å². The highest BCUT2D eigenvalue weighted by Gasteiger charge is 2.36. The summed E-state index contributed by atoms with van der Waals surface area (Å²) in [7, 11) is 0. The number of aromatic nitrogens is 1. The van der Waals surface area contributed by atoms with E-state index >= 15 is 0 Å². The second-order valence-electron chi connectivity index (χ2n) is 7.34. The van der Waals surface area contributed by atoms with Crippen molar-refractivity contribution in [1.82, 2.24) is 15.2 Å². The molecule has 4 rings (SSSR count). The van der Waals surface area contributed by atoms with E-state index in [1.165, 1.54) is 10.9 Å². The SMILES string of the molecule is C[C@H]1CN(C(=O)C2CC2)CC[C@H]1NCc1ccc2ncccc2c1. The molecule has 1 N–H and O–H groups in total. The standard InChI is InChI=1S/C20H25N3O/c1-14-13-23(20(24)16-5-6-16)10-8-18(14)22-12-15-4-7-19-17(11-15)3-2-9-21-19/h2-4,7,9,11,14,16,18,22H,5-6,8,10,12-13H2,1H3/t14-,18+/m0/s1. The van der Waals surface area contributed by atoms with E-state index in [0.29, 0.717) is 23.8 Å². The molecule has 1 saturated heterocycles. The van der Waals surface area contributed by atoms with Crippen LogP contribution in [0.3, 0.4) is 0 Å². The summed E-state index contributed by atoms with van der Waals surface area (Å²) < 4.78 is 0. The van der Waals surface area contributed by atoms with Gasteiger partial charge in [-0.05, 0) is 48.9 Å². The van der Waals surface area contributed by atoms with Crippen LogP contribution in [0.5, 0.6) is 0 Å². The van der Waals surface area contributed by atoms with E-state index in [4.69, 9.17) is 0 Å². The number of hydrogen-bond acceptors (Lipinski definition) is 3. The van der Waals surface area contributed by atoms with Gasteiger partial charge < -0.3 is 10.2 Å². The molecule has 2 heterocycles. The summed E-state index contributed by atoms with van der Waals surface area (Å²) in [6.07, 6.45) is 5.08. The number of benzene rings is 1. The molecule has 4 heteroatoms. The normalized spacial score (nSPS) is 24.3. The van der Waals surface area contributed by atoms with Gasteiger partial charge in [0.25, 0.3) is 0 Å². The maximum absolute atomic E-state index is 12.2. The van der Waals surface area contributed by atoms with Crippen molar-refractivity contribution < 1.29 is 4.79 Å². The van der Waals surface area contributed by atoms with E-state index in [1.807, 2.05) is 12.3 Å². The van der Waals surface area contributed by atoms with Crippen LogP contribution < -0.4 is 5.32 Å². The lowest BCUT2D eigenvalue weighted by Crippen LogP contribution is -2.50. The highest BCUT2D eigenvalue weighted by atomic mass is 16.2. The van der Waals surface area contributed by atoms with Gasteiger partial charge in [-0.3, -0.25) is 9.78 Å². The largest absolute Gasteiger partial charge is 0.342 e. The molecule has 0 radical (unpaired) electrons. The predicted octanol–water partition coefficient (Wildman–Crippen LogP) is 2.97. The third-order valence-electron chi connectivity index (χ3n) is 5.38. The molecule has 1 aromatic heterocycles. The molecule has 0 bridgehead atoms. The monoisotopic (exact) mass is 323 g/mol. The second-order valence-corrected chi connectivity index (χ2v) is 7.34. The van der Waals surface area contributed by atoms with Crippen molar-refractivity contribution in [3.8, 4) is 0 Å². The van der Waals surface area contributed by atoms with Gasteiger partial charge in [0, 0.05) is 43.2 Å². The van der Waals surface area contributed by atoms with Crippen molar-refractivity contribution >= 4 is 16.8 Å². The van der Waals surface area contributed by atoms with E-state index in [1.54, 1.807) is 0 Å². The van der Waals surface area contributed by atoms with E-state index < -0.39 is 0 Å². The van der Waals surface area contributed by atoms with Crippen molar-refractivity contribution in [2.75, 3.05) is 13.1 Å². The number of fused-ring (bicyclic) bond motifs is 1. The average Bonchev–Trinajstić information content (AvgIpc) is 3.45. The number of nitrogens with zero attached hydrogens (tertiary/aromatic N) is 2. The van der Waals surface area contributed by atoms with Crippen LogP contribution in [-0.2, 0) is 11.3 Å². The summed E-state index contributed by atoms with van der Waals surface area (Å²) in [6.45, 7) is 4.93. The average molecular weight is 323 g/mol.